The van der Waals surface area contributed by atoms with E-state index in [2.05, 4.69) is 11.9 Å². The minimum absolute atomic E-state index is 0.0609. The van der Waals surface area contributed by atoms with E-state index < -0.39 is 0 Å². The standard InChI is InChI=1S/C17H24N2O3/c1-12-5-4-6-15(21-3)16(12)17(20)19-8-13-7-18(2)9-14(19)11-22-10-13/h4-6,13-14H,7-11H2,1-3H3/t13-,14-/m0/s1. The Kier molecular flexibility index (Phi) is 4.36. The minimum Gasteiger partial charge on any atom is -0.496 e. The number of methoxy groups -OCH3 is 1. The molecule has 1 aromatic carbocycles. The number of benzene rings is 1. The van der Waals surface area contributed by atoms with Crippen LogP contribution in [0, 0.1) is 12.8 Å². The molecule has 5 heteroatoms. The Labute approximate surface area is 131 Å². The number of hydrogen-bond donors (Lipinski definition) is 0. The Bertz CT molecular complexity index is 561. The molecule has 2 heterocycles. The van der Waals surface area contributed by atoms with Crippen LogP contribution >= 0.6 is 0 Å². The van der Waals surface area contributed by atoms with Gasteiger partial charge in [0.1, 0.15) is 5.75 Å². The number of rotatable bonds is 2. The van der Waals surface area contributed by atoms with Crippen molar-refractivity contribution < 1.29 is 14.3 Å². The van der Waals surface area contributed by atoms with Crippen molar-refractivity contribution in [2.45, 2.75) is 13.0 Å². The summed E-state index contributed by atoms with van der Waals surface area (Å²) in [5.74, 6) is 1.08. The average Bonchev–Trinajstić information content (AvgIpc) is 2.76. The topological polar surface area (TPSA) is 42.0 Å². The molecule has 0 unspecified atom stereocenters. The van der Waals surface area contributed by atoms with E-state index in [0.717, 1.165) is 31.8 Å². The van der Waals surface area contributed by atoms with Crippen LogP contribution in [0.25, 0.3) is 0 Å². The van der Waals surface area contributed by atoms with Gasteiger partial charge in [0, 0.05) is 25.6 Å². The molecular weight excluding hydrogens is 280 g/mol. The van der Waals surface area contributed by atoms with Crippen LogP contribution in [0.4, 0.5) is 0 Å². The third-order valence-corrected chi connectivity index (χ3v) is 4.58. The highest BCUT2D eigenvalue weighted by atomic mass is 16.5. The van der Waals surface area contributed by atoms with E-state index in [1.807, 2.05) is 30.0 Å². The van der Waals surface area contributed by atoms with Crippen LogP contribution in [-0.2, 0) is 4.74 Å². The van der Waals surface area contributed by atoms with Crippen molar-refractivity contribution in [1.29, 1.82) is 0 Å². The lowest BCUT2D eigenvalue weighted by Crippen LogP contribution is -2.46. The monoisotopic (exact) mass is 304 g/mol. The molecule has 22 heavy (non-hydrogen) atoms. The minimum atomic E-state index is 0.0609. The number of carbonyl (C=O) groups excluding carboxylic acids is 1. The summed E-state index contributed by atoms with van der Waals surface area (Å²) in [6.07, 6.45) is 0. The van der Waals surface area contributed by atoms with E-state index in [-0.39, 0.29) is 11.9 Å². The molecule has 0 aromatic heterocycles. The number of hydrogen-bond acceptors (Lipinski definition) is 4. The normalized spacial score (nSPS) is 25.7. The first kappa shape index (κ1) is 15.3. The average molecular weight is 304 g/mol. The van der Waals surface area contributed by atoms with Crippen LogP contribution < -0.4 is 4.74 Å². The number of likely N-dealkylation sites (N-methyl/N-ethyl adjacent to an activating group) is 1. The van der Waals surface area contributed by atoms with E-state index in [1.165, 1.54) is 0 Å². The number of ether oxygens (including phenoxy) is 2. The van der Waals surface area contributed by atoms with Crippen LogP contribution in [0.5, 0.6) is 5.75 Å². The zero-order chi connectivity index (χ0) is 15.7. The Morgan fingerprint density at radius 2 is 2.09 bits per heavy atom. The molecule has 0 saturated carbocycles. The maximum absolute atomic E-state index is 13.2. The van der Waals surface area contributed by atoms with Crippen molar-refractivity contribution in [3.8, 4) is 5.75 Å². The molecule has 0 spiro atoms. The van der Waals surface area contributed by atoms with Crippen LogP contribution in [0.15, 0.2) is 18.2 Å². The first-order chi connectivity index (χ1) is 10.6. The second-order valence-electron chi connectivity index (χ2n) is 6.39. The van der Waals surface area contributed by atoms with E-state index in [0.29, 0.717) is 23.8 Å². The Morgan fingerprint density at radius 3 is 2.86 bits per heavy atom. The summed E-state index contributed by atoms with van der Waals surface area (Å²) < 4.78 is 11.2. The molecule has 1 amide bonds. The van der Waals surface area contributed by atoms with E-state index in [1.54, 1.807) is 7.11 Å². The van der Waals surface area contributed by atoms with E-state index >= 15 is 0 Å². The van der Waals surface area contributed by atoms with Crippen molar-refractivity contribution in [1.82, 2.24) is 9.80 Å². The molecular formula is C17H24N2O3. The molecule has 0 aliphatic carbocycles. The fourth-order valence-electron chi connectivity index (χ4n) is 3.55. The number of nitrogens with zero attached hydrogens (tertiary/aromatic N) is 2. The van der Waals surface area contributed by atoms with Gasteiger partial charge in [0.05, 0.1) is 31.9 Å². The van der Waals surface area contributed by atoms with Crippen molar-refractivity contribution in [3.63, 3.8) is 0 Å². The van der Waals surface area contributed by atoms with Gasteiger partial charge in [-0.1, -0.05) is 12.1 Å². The smallest absolute Gasteiger partial charge is 0.258 e. The molecule has 2 atom stereocenters. The zero-order valence-corrected chi connectivity index (χ0v) is 13.5. The highest BCUT2D eigenvalue weighted by Crippen LogP contribution is 2.27. The Morgan fingerprint density at radius 1 is 1.27 bits per heavy atom. The molecule has 120 valence electrons. The van der Waals surface area contributed by atoms with Crippen molar-refractivity contribution >= 4 is 5.91 Å². The summed E-state index contributed by atoms with van der Waals surface area (Å²) in [6, 6.07) is 5.84. The predicted octanol–water partition coefficient (Wildman–Crippen LogP) is 1.41. The SMILES string of the molecule is COc1cccc(C)c1C(=O)N1C[C@H]2COC[C@@H]1CN(C)C2. The molecule has 2 aliphatic heterocycles. The van der Waals surface area contributed by atoms with Crippen molar-refractivity contribution in [2.24, 2.45) is 5.92 Å². The molecule has 2 fully saturated rings. The molecule has 0 N–H and O–H groups in total. The van der Waals surface area contributed by atoms with E-state index in [9.17, 15) is 4.79 Å². The maximum Gasteiger partial charge on any atom is 0.258 e. The summed E-state index contributed by atoms with van der Waals surface area (Å²) in [4.78, 5) is 17.5. The number of carbonyl (C=O) groups is 1. The highest BCUT2D eigenvalue weighted by Gasteiger charge is 2.36. The van der Waals surface area contributed by atoms with E-state index in [4.69, 9.17) is 9.47 Å². The van der Waals surface area contributed by atoms with Crippen LogP contribution in [0.1, 0.15) is 15.9 Å². The first-order valence-electron chi connectivity index (χ1n) is 7.81. The molecule has 0 radical (unpaired) electrons. The van der Waals surface area contributed by atoms with Gasteiger partial charge >= 0.3 is 0 Å². The molecule has 2 bridgehead atoms. The van der Waals surface area contributed by atoms with Crippen molar-refractivity contribution in [3.05, 3.63) is 29.3 Å². The lowest BCUT2D eigenvalue weighted by atomic mass is 10.0. The molecule has 1 aromatic rings. The van der Waals surface area contributed by atoms with Gasteiger partial charge < -0.3 is 19.3 Å². The summed E-state index contributed by atoms with van der Waals surface area (Å²) in [5.41, 5.74) is 1.64. The maximum atomic E-state index is 13.2. The van der Waals surface area contributed by atoms with Gasteiger partial charge in [-0.15, -0.1) is 0 Å². The number of amides is 1. The van der Waals surface area contributed by atoms with Gasteiger partial charge in [-0.3, -0.25) is 4.79 Å². The third kappa shape index (κ3) is 2.83. The summed E-state index contributed by atoms with van der Waals surface area (Å²) in [7, 11) is 3.73. The largest absolute Gasteiger partial charge is 0.496 e. The van der Waals surface area contributed by atoms with Crippen LogP contribution in [0.3, 0.4) is 0 Å². The Hall–Kier alpha value is -1.59. The number of fused-ring (bicyclic) bond motifs is 3. The van der Waals surface area contributed by atoms with Crippen molar-refractivity contribution in [2.75, 3.05) is 47.0 Å². The Balaban J connectivity index is 1.94. The predicted molar refractivity (Wildman–Crippen MR) is 84.4 cm³/mol. The fourth-order valence-corrected chi connectivity index (χ4v) is 3.55. The first-order valence-corrected chi connectivity index (χ1v) is 7.81. The molecule has 2 aliphatic rings. The van der Waals surface area contributed by atoms with Gasteiger partial charge in [-0.05, 0) is 25.6 Å². The summed E-state index contributed by atoms with van der Waals surface area (Å²) in [6.45, 7) is 5.89. The fraction of sp³-hybridized carbons (Fsp3) is 0.588. The molecule has 3 rings (SSSR count). The molecule has 5 nitrogen and oxygen atoms in total. The van der Waals surface area contributed by atoms with Gasteiger partial charge in [0.25, 0.3) is 5.91 Å². The van der Waals surface area contributed by atoms with Crippen LogP contribution in [-0.4, -0.2) is 68.8 Å². The lowest BCUT2D eigenvalue weighted by molar-refractivity contribution is 0.0481. The molecule has 2 saturated heterocycles. The summed E-state index contributed by atoms with van der Waals surface area (Å²) in [5, 5.41) is 0. The second kappa shape index (κ2) is 6.26. The lowest BCUT2D eigenvalue weighted by Gasteiger charge is -2.30. The summed E-state index contributed by atoms with van der Waals surface area (Å²) >= 11 is 0. The second-order valence-corrected chi connectivity index (χ2v) is 6.39. The van der Waals surface area contributed by atoms with Gasteiger partial charge in [0.15, 0.2) is 0 Å². The quantitative estimate of drug-likeness (QED) is 0.828. The van der Waals surface area contributed by atoms with Crippen LogP contribution in [0.2, 0.25) is 0 Å². The zero-order valence-electron chi connectivity index (χ0n) is 13.5. The number of aryl methyl sites for hydroxylation is 1. The van der Waals surface area contributed by atoms with Gasteiger partial charge in [-0.25, -0.2) is 0 Å². The van der Waals surface area contributed by atoms with Gasteiger partial charge in [-0.2, -0.15) is 0 Å². The highest BCUT2D eigenvalue weighted by molar-refractivity contribution is 5.98. The third-order valence-electron chi connectivity index (χ3n) is 4.58. The van der Waals surface area contributed by atoms with Gasteiger partial charge in [0.2, 0.25) is 0 Å².